The van der Waals surface area contributed by atoms with Crippen LogP contribution in [0.5, 0.6) is 0 Å². The number of aliphatic carboxylic acids is 1. The van der Waals surface area contributed by atoms with Crippen LogP contribution in [0.3, 0.4) is 0 Å². The molecular formula is C13H14ClNO3. The number of carboxylic acid groups (broad SMARTS) is 1. The average Bonchev–Trinajstić information content (AvgIpc) is 3.08. The van der Waals surface area contributed by atoms with E-state index in [1.165, 1.54) is 0 Å². The monoisotopic (exact) mass is 267 g/mol. The fourth-order valence-electron chi connectivity index (χ4n) is 1.83. The molecule has 0 aliphatic heterocycles. The Balaban J connectivity index is 2.13. The lowest BCUT2D eigenvalue weighted by Crippen LogP contribution is -2.42. The van der Waals surface area contributed by atoms with Gasteiger partial charge in [0.15, 0.2) is 0 Å². The fourth-order valence-corrected chi connectivity index (χ4v) is 2.15. The van der Waals surface area contributed by atoms with Gasteiger partial charge in [-0.05, 0) is 43.4 Å². The van der Waals surface area contributed by atoms with Gasteiger partial charge in [0.2, 0.25) is 0 Å². The maximum atomic E-state index is 12.0. The molecule has 1 amide bonds. The first-order valence-corrected chi connectivity index (χ1v) is 6.16. The van der Waals surface area contributed by atoms with Gasteiger partial charge in [-0.3, -0.25) is 4.79 Å². The minimum atomic E-state index is -0.992. The first-order valence-electron chi connectivity index (χ1n) is 5.79. The second kappa shape index (κ2) is 4.98. The maximum absolute atomic E-state index is 12.0. The maximum Gasteiger partial charge on any atom is 0.326 e. The predicted molar refractivity (Wildman–Crippen MR) is 67.8 cm³/mol. The smallest absolute Gasteiger partial charge is 0.326 e. The molecular weight excluding hydrogens is 254 g/mol. The van der Waals surface area contributed by atoms with Gasteiger partial charge in [-0.2, -0.15) is 0 Å². The highest BCUT2D eigenvalue weighted by atomic mass is 35.5. The van der Waals surface area contributed by atoms with Crippen molar-refractivity contribution in [3.05, 3.63) is 34.3 Å². The molecule has 18 heavy (non-hydrogen) atoms. The van der Waals surface area contributed by atoms with Crippen LogP contribution in [0.4, 0.5) is 0 Å². The summed E-state index contributed by atoms with van der Waals surface area (Å²) in [6.45, 7) is 1.87. The second-order valence-corrected chi connectivity index (χ2v) is 5.02. The first-order chi connectivity index (χ1) is 8.49. The van der Waals surface area contributed by atoms with Crippen molar-refractivity contribution in [2.45, 2.75) is 25.8 Å². The highest BCUT2D eigenvalue weighted by Crippen LogP contribution is 2.33. The lowest BCUT2D eigenvalue weighted by Gasteiger charge is -2.14. The molecule has 1 aliphatic carbocycles. The Bertz CT molecular complexity index is 497. The zero-order chi connectivity index (χ0) is 13.3. The van der Waals surface area contributed by atoms with Gasteiger partial charge < -0.3 is 10.4 Å². The number of rotatable bonds is 4. The summed E-state index contributed by atoms with van der Waals surface area (Å²) in [7, 11) is 0. The van der Waals surface area contributed by atoms with Crippen molar-refractivity contribution >= 4 is 23.5 Å². The summed E-state index contributed by atoms with van der Waals surface area (Å²) in [5.41, 5.74) is 1.27. The quantitative estimate of drug-likeness (QED) is 0.879. The molecule has 1 fully saturated rings. The van der Waals surface area contributed by atoms with E-state index in [0.29, 0.717) is 10.6 Å². The second-order valence-electron chi connectivity index (χ2n) is 4.61. The summed E-state index contributed by atoms with van der Waals surface area (Å²) in [5, 5.41) is 11.9. The van der Waals surface area contributed by atoms with Crippen molar-refractivity contribution in [3.63, 3.8) is 0 Å². The largest absolute Gasteiger partial charge is 0.480 e. The van der Waals surface area contributed by atoms with Crippen molar-refractivity contribution in [1.82, 2.24) is 5.32 Å². The van der Waals surface area contributed by atoms with E-state index in [1.54, 1.807) is 18.2 Å². The van der Waals surface area contributed by atoms with Gasteiger partial charge in [-0.25, -0.2) is 4.79 Å². The Morgan fingerprint density at radius 1 is 1.44 bits per heavy atom. The van der Waals surface area contributed by atoms with Gasteiger partial charge >= 0.3 is 5.97 Å². The highest BCUT2D eigenvalue weighted by Gasteiger charge is 2.37. The van der Waals surface area contributed by atoms with Crippen LogP contribution in [-0.2, 0) is 4.79 Å². The standard InChI is InChI=1S/C13H14ClNO3/c1-7-2-5-9(10(14)6-7)12(16)15-11(13(17)18)8-3-4-8/h2,5-6,8,11H,3-4H2,1H3,(H,15,16)(H,17,18). The van der Waals surface area contributed by atoms with Crippen LogP contribution >= 0.6 is 11.6 Å². The van der Waals surface area contributed by atoms with Crippen LogP contribution < -0.4 is 5.32 Å². The molecule has 1 aromatic carbocycles. The number of nitrogens with one attached hydrogen (secondary N) is 1. The number of halogens is 1. The topological polar surface area (TPSA) is 66.4 Å². The van der Waals surface area contributed by atoms with Gasteiger partial charge in [0.1, 0.15) is 6.04 Å². The first kappa shape index (κ1) is 12.9. The summed E-state index contributed by atoms with van der Waals surface area (Å²) in [6, 6.07) is 4.26. The van der Waals surface area contributed by atoms with E-state index in [1.807, 2.05) is 6.92 Å². The van der Waals surface area contributed by atoms with E-state index in [2.05, 4.69) is 5.32 Å². The molecule has 2 rings (SSSR count). The van der Waals surface area contributed by atoms with Crippen LogP contribution in [0.1, 0.15) is 28.8 Å². The van der Waals surface area contributed by atoms with Gasteiger partial charge in [0, 0.05) is 0 Å². The van der Waals surface area contributed by atoms with E-state index in [-0.39, 0.29) is 5.92 Å². The summed E-state index contributed by atoms with van der Waals surface area (Å²) < 4.78 is 0. The minimum absolute atomic E-state index is 0.0515. The van der Waals surface area contributed by atoms with E-state index >= 15 is 0 Å². The molecule has 4 nitrogen and oxygen atoms in total. The molecule has 0 aromatic heterocycles. The number of carbonyl (C=O) groups excluding carboxylic acids is 1. The molecule has 5 heteroatoms. The highest BCUT2D eigenvalue weighted by molar-refractivity contribution is 6.34. The summed E-state index contributed by atoms with van der Waals surface area (Å²) >= 11 is 5.97. The van der Waals surface area contributed by atoms with Crippen LogP contribution in [-0.4, -0.2) is 23.0 Å². The number of aryl methyl sites for hydroxylation is 1. The van der Waals surface area contributed by atoms with Gasteiger partial charge in [0.05, 0.1) is 10.6 Å². The van der Waals surface area contributed by atoms with Crippen molar-refractivity contribution in [2.24, 2.45) is 5.92 Å². The number of hydrogen-bond acceptors (Lipinski definition) is 2. The molecule has 1 aliphatic rings. The molecule has 1 aromatic rings. The van der Waals surface area contributed by atoms with Crippen molar-refractivity contribution in [2.75, 3.05) is 0 Å². The number of hydrogen-bond donors (Lipinski definition) is 2. The van der Waals surface area contributed by atoms with Crippen LogP contribution in [0.25, 0.3) is 0 Å². The molecule has 0 heterocycles. The summed E-state index contributed by atoms with van der Waals surface area (Å²) in [4.78, 5) is 23.0. The van der Waals surface area contributed by atoms with Gasteiger partial charge in [-0.1, -0.05) is 17.7 Å². The Kier molecular flexibility index (Phi) is 3.57. The number of amides is 1. The molecule has 0 radical (unpaired) electrons. The Hall–Kier alpha value is -1.55. The van der Waals surface area contributed by atoms with E-state index < -0.39 is 17.9 Å². The van der Waals surface area contributed by atoms with E-state index in [9.17, 15) is 9.59 Å². The third-order valence-electron chi connectivity index (χ3n) is 3.02. The van der Waals surface area contributed by atoms with E-state index in [0.717, 1.165) is 18.4 Å². The molecule has 0 saturated heterocycles. The number of carbonyl (C=O) groups is 2. The SMILES string of the molecule is Cc1ccc(C(=O)NC(C(=O)O)C2CC2)c(Cl)c1. The number of carboxylic acids is 1. The van der Waals surface area contributed by atoms with E-state index in [4.69, 9.17) is 16.7 Å². The number of benzene rings is 1. The minimum Gasteiger partial charge on any atom is -0.480 e. The molecule has 0 spiro atoms. The van der Waals surface area contributed by atoms with Gasteiger partial charge in [0.25, 0.3) is 5.91 Å². The lowest BCUT2D eigenvalue weighted by molar-refractivity contribution is -0.139. The fraction of sp³-hybridized carbons (Fsp3) is 0.385. The normalized spacial score (nSPS) is 16.1. The lowest BCUT2D eigenvalue weighted by atomic mass is 10.1. The van der Waals surface area contributed by atoms with Gasteiger partial charge in [-0.15, -0.1) is 0 Å². The Morgan fingerprint density at radius 3 is 2.61 bits per heavy atom. The average molecular weight is 268 g/mol. The van der Waals surface area contributed by atoms with Crippen LogP contribution in [0.15, 0.2) is 18.2 Å². The molecule has 1 atom stereocenters. The zero-order valence-electron chi connectivity index (χ0n) is 9.94. The zero-order valence-corrected chi connectivity index (χ0v) is 10.7. The van der Waals surface area contributed by atoms with Crippen molar-refractivity contribution in [1.29, 1.82) is 0 Å². The predicted octanol–water partition coefficient (Wildman–Crippen LogP) is 2.24. The summed E-state index contributed by atoms with van der Waals surface area (Å²) in [5.74, 6) is -1.37. The Labute approximate surface area is 110 Å². The third kappa shape index (κ3) is 2.82. The molecule has 0 bridgehead atoms. The molecule has 96 valence electrons. The molecule has 2 N–H and O–H groups in total. The Morgan fingerprint density at radius 2 is 2.11 bits per heavy atom. The van der Waals surface area contributed by atoms with Crippen LogP contribution in [0, 0.1) is 12.8 Å². The molecule has 1 unspecified atom stereocenters. The third-order valence-corrected chi connectivity index (χ3v) is 3.33. The van der Waals surface area contributed by atoms with Crippen LogP contribution in [0.2, 0.25) is 5.02 Å². The molecule has 1 saturated carbocycles. The van der Waals surface area contributed by atoms with Crippen molar-refractivity contribution < 1.29 is 14.7 Å². The summed E-state index contributed by atoms with van der Waals surface area (Å²) in [6.07, 6.45) is 1.69. The van der Waals surface area contributed by atoms with Crippen molar-refractivity contribution in [3.8, 4) is 0 Å².